The van der Waals surface area contributed by atoms with Crippen LogP contribution in [0.2, 0.25) is 0 Å². The van der Waals surface area contributed by atoms with E-state index >= 15 is 0 Å². The van der Waals surface area contributed by atoms with Crippen molar-refractivity contribution in [2.75, 3.05) is 12.3 Å². The molecule has 1 amide bonds. The van der Waals surface area contributed by atoms with Gasteiger partial charge in [-0.3, -0.25) is 14.9 Å². The molecule has 116 valence electrons. The Morgan fingerprint density at radius 1 is 1.33 bits per heavy atom. The number of carbonyl (C=O) groups is 1. The van der Waals surface area contributed by atoms with Gasteiger partial charge in [-0.15, -0.1) is 11.8 Å². The highest BCUT2D eigenvalue weighted by Gasteiger charge is 2.22. The summed E-state index contributed by atoms with van der Waals surface area (Å²) in [6.45, 7) is 3.99. The normalized spacial score (nSPS) is 11.2. The van der Waals surface area contributed by atoms with Gasteiger partial charge < -0.3 is 10.4 Å². The minimum absolute atomic E-state index is 0.0276. The molecule has 0 heterocycles. The predicted octanol–water partition coefficient (Wildman–Crippen LogP) is 2.35. The molecular formula is C14H20N2O4S. The van der Waals surface area contributed by atoms with Gasteiger partial charge in [-0.25, -0.2) is 0 Å². The number of benzene rings is 1. The summed E-state index contributed by atoms with van der Waals surface area (Å²) >= 11 is 1.30. The third kappa shape index (κ3) is 5.73. The number of carbonyl (C=O) groups excluding carboxylic acids is 1. The third-order valence-corrected chi connectivity index (χ3v) is 4.36. The summed E-state index contributed by atoms with van der Waals surface area (Å²) in [5.41, 5.74) is -0.826. The molecule has 7 heteroatoms. The minimum atomic E-state index is -0.853. The van der Waals surface area contributed by atoms with Crippen LogP contribution in [-0.2, 0) is 4.79 Å². The largest absolute Gasteiger partial charge is 0.388 e. The highest BCUT2D eigenvalue weighted by molar-refractivity contribution is 8.00. The van der Waals surface area contributed by atoms with Crippen molar-refractivity contribution in [3.05, 3.63) is 34.4 Å². The van der Waals surface area contributed by atoms with Crippen molar-refractivity contribution >= 4 is 23.4 Å². The molecule has 0 unspecified atom stereocenters. The van der Waals surface area contributed by atoms with E-state index in [4.69, 9.17) is 0 Å². The number of nitro groups is 1. The number of amides is 1. The SMILES string of the molecule is CCC(O)(CC)CNC(=O)CSc1ccc([N+](=O)[O-])cc1. The zero-order chi connectivity index (χ0) is 15.9. The molecule has 0 aliphatic heterocycles. The molecule has 2 N–H and O–H groups in total. The Balaban J connectivity index is 2.41. The fraction of sp³-hybridized carbons (Fsp3) is 0.500. The van der Waals surface area contributed by atoms with E-state index in [9.17, 15) is 20.0 Å². The molecular weight excluding hydrogens is 292 g/mol. The molecule has 0 aliphatic rings. The Morgan fingerprint density at radius 3 is 2.38 bits per heavy atom. The molecule has 1 aromatic carbocycles. The average molecular weight is 312 g/mol. The van der Waals surface area contributed by atoms with Crippen LogP contribution in [-0.4, -0.2) is 33.8 Å². The third-order valence-electron chi connectivity index (χ3n) is 3.35. The maximum Gasteiger partial charge on any atom is 0.269 e. The van der Waals surface area contributed by atoms with E-state index in [0.29, 0.717) is 12.8 Å². The maximum absolute atomic E-state index is 11.7. The monoisotopic (exact) mass is 312 g/mol. The molecule has 1 aromatic rings. The van der Waals surface area contributed by atoms with E-state index in [0.717, 1.165) is 4.90 Å². The number of nitrogens with zero attached hydrogens (tertiary/aromatic N) is 1. The predicted molar refractivity (Wildman–Crippen MR) is 82.4 cm³/mol. The molecule has 0 fully saturated rings. The van der Waals surface area contributed by atoms with Gasteiger partial charge >= 0.3 is 0 Å². The van der Waals surface area contributed by atoms with Crippen molar-refractivity contribution in [2.45, 2.75) is 37.2 Å². The summed E-state index contributed by atoms with van der Waals surface area (Å²) < 4.78 is 0. The number of rotatable bonds is 8. The van der Waals surface area contributed by atoms with Gasteiger partial charge in [0.15, 0.2) is 0 Å². The number of nitro benzene ring substituents is 1. The number of hydrogen-bond donors (Lipinski definition) is 2. The molecule has 21 heavy (non-hydrogen) atoms. The molecule has 0 saturated heterocycles. The molecule has 1 rings (SSSR count). The van der Waals surface area contributed by atoms with Crippen LogP contribution in [0.15, 0.2) is 29.2 Å². The lowest BCUT2D eigenvalue weighted by Gasteiger charge is -2.25. The number of nitrogens with one attached hydrogen (secondary N) is 1. The number of thioether (sulfide) groups is 1. The van der Waals surface area contributed by atoms with Gasteiger partial charge in [0, 0.05) is 23.6 Å². The smallest absolute Gasteiger partial charge is 0.269 e. The maximum atomic E-state index is 11.7. The van der Waals surface area contributed by atoms with Gasteiger partial charge in [-0.1, -0.05) is 13.8 Å². The molecule has 0 aromatic heterocycles. The average Bonchev–Trinajstić information content (AvgIpc) is 2.51. The highest BCUT2D eigenvalue weighted by atomic mass is 32.2. The van der Waals surface area contributed by atoms with Gasteiger partial charge in [0.2, 0.25) is 5.91 Å². The number of hydrogen-bond acceptors (Lipinski definition) is 5. The standard InChI is InChI=1S/C14H20N2O4S/c1-3-14(18,4-2)10-15-13(17)9-21-12-7-5-11(6-8-12)16(19)20/h5-8,18H,3-4,9-10H2,1-2H3,(H,15,17). The van der Waals surface area contributed by atoms with Crippen LogP contribution < -0.4 is 5.32 Å². The Hall–Kier alpha value is -1.60. The van der Waals surface area contributed by atoms with Gasteiger partial charge in [0.05, 0.1) is 16.3 Å². The fourth-order valence-electron chi connectivity index (χ4n) is 1.63. The van der Waals surface area contributed by atoms with E-state index in [2.05, 4.69) is 5.32 Å². The molecule has 0 atom stereocenters. The molecule has 0 saturated carbocycles. The first-order valence-corrected chi connectivity index (χ1v) is 7.75. The van der Waals surface area contributed by atoms with Crippen molar-refractivity contribution in [1.29, 1.82) is 0 Å². The topological polar surface area (TPSA) is 92.5 Å². The summed E-state index contributed by atoms with van der Waals surface area (Å²) in [5, 5.41) is 23.3. The summed E-state index contributed by atoms with van der Waals surface area (Å²) in [4.78, 5) is 22.6. The van der Waals surface area contributed by atoms with E-state index < -0.39 is 10.5 Å². The Morgan fingerprint density at radius 2 is 1.90 bits per heavy atom. The minimum Gasteiger partial charge on any atom is -0.388 e. The van der Waals surface area contributed by atoms with Crippen molar-refractivity contribution in [3.63, 3.8) is 0 Å². The fourth-order valence-corrected chi connectivity index (χ4v) is 2.36. The lowest BCUT2D eigenvalue weighted by atomic mass is 9.98. The second-order valence-corrected chi connectivity index (χ2v) is 5.80. The van der Waals surface area contributed by atoms with Crippen LogP contribution >= 0.6 is 11.8 Å². The van der Waals surface area contributed by atoms with Crippen LogP contribution in [0.1, 0.15) is 26.7 Å². The zero-order valence-corrected chi connectivity index (χ0v) is 13.0. The van der Waals surface area contributed by atoms with Crippen LogP contribution in [0.4, 0.5) is 5.69 Å². The van der Waals surface area contributed by atoms with Gasteiger partial charge in [0.1, 0.15) is 0 Å². The van der Waals surface area contributed by atoms with E-state index in [1.54, 1.807) is 12.1 Å². The molecule has 6 nitrogen and oxygen atoms in total. The van der Waals surface area contributed by atoms with Crippen molar-refractivity contribution in [2.24, 2.45) is 0 Å². The van der Waals surface area contributed by atoms with E-state index in [1.165, 1.54) is 23.9 Å². The Bertz CT molecular complexity index is 486. The summed E-state index contributed by atoms with van der Waals surface area (Å²) in [5.74, 6) is 0.0418. The quantitative estimate of drug-likeness (QED) is 0.437. The van der Waals surface area contributed by atoms with Crippen LogP contribution in [0.3, 0.4) is 0 Å². The summed E-state index contributed by atoms with van der Waals surface area (Å²) in [6, 6.07) is 6.05. The second-order valence-electron chi connectivity index (χ2n) is 4.75. The number of non-ortho nitro benzene ring substituents is 1. The van der Waals surface area contributed by atoms with Crippen molar-refractivity contribution < 1.29 is 14.8 Å². The van der Waals surface area contributed by atoms with Crippen molar-refractivity contribution in [1.82, 2.24) is 5.32 Å². The first-order valence-electron chi connectivity index (χ1n) is 6.76. The van der Waals surface area contributed by atoms with Crippen molar-refractivity contribution in [3.8, 4) is 0 Å². The van der Waals surface area contributed by atoms with Gasteiger partial charge in [-0.2, -0.15) is 0 Å². The Labute approximate surface area is 128 Å². The molecule has 0 bridgehead atoms. The Kier molecular flexibility index (Phi) is 6.64. The number of aliphatic hydroxyl groups is 1. The first kappa shape index (κ1) is 17.5. The highest BCUT2D eigenvalue weighted by Crippen LogP contribution is 2.21. The zero-order valence-electron chi connectivity index (χ0n) is 12.2. The molecule has 0 aliphatic carbocycles. The second kappa shape index (κ2) is 7.99. The first-order chi connectivity index (χ1) is 9.90. The molecule has 0 spiro atoms. The van der Waals surface area contributed by atoms with E-state index in [1.807, 2.05) is 13.8 Å². The lowest BCUT2D eigenvalue weighted by Crippen LogP contribution is -2.42. The van der Waals surface area contributed by atoms with Gasteiger partial charge in [0.25, 0.3) is 5.69 Å². The summed E-state index contributed by atoms with van der Waals surface area (Å²) in [7, 11) is 0. The van der Waals surface area contributed by atoms with Crippen LogP contribution in [0.25, 0.3) is 0 Å². The summed E-state index contributed by atoms with van der Waals surface area (Å²) in [6.07, 6.45) is 1.17. The van der Waals surface area contributed by atoms with Crippen LogP contribution in [0, 0.1) is 10.1 Å². The molecule has 0 radical (unpaired) electrons. The lowest BCUT2D eigenvalue weighted by molar-refractivity contribution is -0.384. The van der Waals surface area contributed by atoms with Crippen LogP contribution in [0.5, 0.6) is 0 Å². The van der Waals surface area contributed by atoms with Gasteiger partial charge in [-0.05, 0) is 25.0 Å². The van der Waals surface area contributed by atoms with E-state index in [-0.39, 0.29) is 23.9 Å².